The van der Waals surface area contributed by atoms with E-state index in [1.807, 2.05) is 0 Å². The summed E-state index contributed by atoms with van der Waals surface area (Å²) in [5.41, 5.74) is 0.578. The number of carbonyl (C=O) groups excluding carboxylic acids is 1. The molecule has 0 saturated carbocycles. The Hall–Kier alpha value is -1.67. The van der Waals surface area contributed by atoms with E-state index in [2.05, 4.69) is 0 Å². The van der Waals surface area contributed by atoms with E-state index in [0.717, 1.165) is 0 Å². The van der Waals surface area contributed by atoms with Crippen molar-refractivity contribution in [3.63, 3.8) is 0 Å². The van der Waals surface area contributed by atoms with E-state index in [9.17, 15) is 17.6 Å². The van der Waals surface area contributed by atoms with E-state index >= 15 is 0 Å². The van der Waals surface area contributed by atoms with E-state index in [0.29, 0.717) is 25.2 Å². The molecule has 0 N–H and O–H groups in total. The van der Waals surface area contributed by atoms with E-state index in [1.54, 1.807) is 11.0 Å². The molecule has 2 heterocycles. The largest absolute Gasteiger partial charge is 0.494 e. The van der Waals surface area contributed by atoms with Crippen molar-refractivity contribution in [2.24, 2.45) is 5.92 Å². The molecule has 2 aliphatic rings. The number of nitrogens with zero attached hydrogens (tertiary/aromatic N) is 2. The molecule has 8 heteroatoms. The summed E-state index contributed by atoms with van der Waals surface area (Å²) >= 11 is 0. The molecule has 0 bridgehead atoms. The number of sulfonamides is 1. The molecule has 2 fully saturated rings. The maximum atomic E-state index is 13.7. The zero-order valence-electron chi connectivity index (χ0n) is 13.0. The van der Waals surface area contributed by atoms with Crippen LogP contribution in [0.4, 0.5) is 4.39 Å². The molecule has 0 aromatic heterocycles. The Labute approximate surface area is 134 Å². The Morgan fingerprint density at radius 3 is 2.70 bits per heavy atom. The first kappa shape index (κ1) is 16.2. The van der Waals surface area contributed by atoms with Gasteiger partial charge in [0.25, 0.3) is 0 Å². The second-order valence-corrected chi connectivity index (χ2v) is 8.08. The summed E-state index contributed by atoms with van der Waals surface area (Å²) in [4.78, 5) is 14.1. The summed E-state index contributed by atoms with van der Waals surface area (Å²) in [7, 11) is -1.83. The minimum Gasteiger partial charge on any atom is -0.494 e. The van der Waals surface area contributed by atoms with Gasteiger partial charge in [-0.25, -0.2) is 12.8 Å². The molecule has 6 nitrogen and oxygen atoms in total. The van der Waals surface area contributed by atoms with Gasteiger partial charge < -0.3 is 9.64 Å². The van der Waals surface area contributed by atoms with Crippen LogP contribution in [0, 0.1) is 11.7 Å². The fraction of sp³-hybridized carbons (Fsp3) is 0.533. The van der Waals surface area contributed by atoms with Crippen LogP contribution in [0.15, 0.2) is 18.2 Å². The number of methoxy groups -OCH3 is 1. The lowest BCUT2D eigenvalue weighted by Crippen LogP contribution is -2.58. The third-order valence-electron chi connectivity index (χ3n) is 4.57. The number of ether oxygens (including phenoxy) is 1. The number of rotatable bonds is 4. The lowest BCUT2D eigenvalue weighted by atomic mass is 9.91. The molecule has 0 spiro atoms. The summed E-state index contributed by atoms with van der Waals surface area (Å²) in [6.07, 6.45) is 1.28. The molecule has 1 aromatic rings. The smallest absolute Gasteiger partial charge is 0.227 e. The van der Waals surface area contributed by atoms with Crippen molar-refractivity contribution in [1.29, 1.82) is 0 Å². The van der Waals surface area contributed by atoms with Gasteiger partial charge in [-0.2, -0.15) is 4.31 Å². The van der Waals surface area contributed by atoms with E-state index in [4.69, 9.17) is 4.74 Å². The van der Waals surface area contributed by atoms with Gasteiger partial charge in [-0.15, -0.1) is 0 Å². The summed E-state index contributed by atoms with van der Waals surface area (Å²) in [5.74, 6) is -0.249. The second-order valence-electron chi connectivity index (χ2n) is 6.10. The van der Waals surface area contributed by atoms with Crippen LogP contribution < -0.4 is 4.74 Å². The highest BCUT2D eigenvalue weighted by Crippen LogP contribution is 2.34. The van der Waals surface area contributed by atoms with Crippen LogP contribution in [0.3, 0.4) is 0 Å². The van der Waals surface area contributed by atoms with Crippen molar-refractivity contribution >= 4 is 15.9 Å². The van der Waals surface area contributed by atoms with Gasteiger partial charge in [-0.05, 0) is 17.7 Å². The summed E-state index contributed by atoms with van der Waals surface area (Å²) in [5, 5.41) is 0. The average molecular weight is 342 g/mol. The Balaban J connectivity index is 1.64. The minimum atomic E-state index is -3.22. The van der Waals surface area contributed by atoms with Crippen LogP contribution >= 0.6 is 0 Å². The molecule has 2 atom stereocenters. The van der Waals surface area contributed by atoms with Crippen molar-refractivity contribution in [1.82, 2.24) is 9.21 Å². The van der Waals surface area contributed by atoms with Crippen molar-refractivity contribution in [3.8, 4) is 5.75 Å². The predicted octanol–water partition coefficient (Wildman–Crippen LogP) is 0.479. The number of benzene rings is 1. The van der Waals surface area contributed by atoms with E-state index in [1.165, 1.54) is 29.8 Å². The predicted molar refractivity (Wildman–Crippen MR) is 82.1 cm³/mol. The van der Waals surface area contributed by atoms with Crippen LogP contribution in [-0.4, -0.2) is 62.6 Å². The van der Waals surface area contributed by atoms with Gasteiger partial charge >= 0.3 is 0 Å². The van der Waals surface area contributed by atoms with Gasteiger partial charge in [0, 0.05) is 25.6 Å². The lowest BCUT2D eigenvalue weighted by molar-refractivity contribution is -0.140. The number of hydrogen-bond donors (Lipinski definition) is 0. The maximum absolute atomic E-state index is 13.7. The molecule has 0 unspecified atom stereocenters. The Bertz CT molecular complexity index is 737. The van der Waals surface area contributed by atoms with Gasteiger partial charge in [0.15, 0.2) is 11.6 Å². The van der Waals surface area contributed by atoms with Gasteiger partial charge in [0.1, 0.15) is 0 Å². The Kier molecular flexibility index (Phi) is 4.05. The molecule has 0 aliphatic carbocycles. The first-order chi connectivity index (χ1) is 10.8. The van der Waals surface area contributed by atoms with Gasteiger partial charge in [-0.3, -0.25) is 4.79 Å². The summed E-state index contributed by atoms with van der Waals surface area (Å²) in [6, 6.07) is 4.40. The van der Waals surface area contributed by atoms with Crippen LogP contribution in [0.1, 0.15) is 5.56 Å². The number of fused-ring (bicyclic) bond motifs is 1. The van der Waals surface area contributed by atoms with Crippen molar-refractivity contribution < 1.29 is 22.3 Å². The highest BCUT2D eigenvalue weighted by Gasteiger charge is 2.49. The summed E-state index contributed by atoms with van der Waals surface area (Å²) in [6.45, 7) is 1.39. The number of halogens is 1. The molecule has 2 aliphatic heterocycles. The van der Waals surface area contributed by atoms with Crippen LogP contribution in [0.5, 0.6) is 5.75 Å². The van der Waals surface area contributed by atoms with Crippen LogP contribution in [0.25, 0.3) is 0 Å². The molecule has 1 aromatic carbocycles. The van der Waals surface area contributed by atoms with Crippen molar-refractivity contribution in [2.45, 2.75) is 12.5 Å². The molecule has 23 heavy (non-hydrogen) atoms. The molecular formula is C15H19FN2O4S. The average Bonchev–Trinajstić information content (AvgIpc) is 2.76. The van der Waals surface area contributed by atoms with Gasteiger partial charge in [-0.1, -0.05) is 6.07 Å². The normalized spacial score (nSPS) is 24.2. The quantitative estimate of drug-likeness (QED) is 0.798. The number of carbonyl (C=O) groups is 1. The maximum Gasteiger partial charge on any atom is 0.227 e. The van der Waals surface area contributed by atoms with E-state index < -0.39 is 15.8 Å². The molecule has 0 radical (unpaired) electrons. The van der Waals surface area contributed by atoms with Crippen molar-refractivity contribution in [3.05, 3.63) is 29.6 Å². The Morgan fingerprint density at radius 2 is 2.09 bits per heavy atom. The standard InChI is InChI=1S/C15H19FN2O4S/c1-22-14-4-3-10(5-12(14)16)6-15(19)18-8-11-7-17(9-13(11)18)23(2,20)21/h3-5,11,13H,6-9H2,1-2H3/t11-,13-/m0/s1. The fourth-order valence-corrected chi connectivity index (χ4v) is 4.14. The molecule has 1 amide bonds. The molecular weight excluding hydrogens is 323 g/mol. The highest BCUT2D eigenvalue weighted by atomic mass is 32.2. The summed E-state index contributed by atoms with van der Waals surface area (Å²) < 4.78 is 43.1. The first-order valence-corrected chi connectivity index (χ1v) is 9.21. The molecule has 3 rings (SSSR count). The number of amides is 1. The van der Waals surface area contributed by atoms with Gasteiger partial charge in [0.05, 0.1) is 25.8 Å². The zero-order valence-corrected chi connectivity index (χ0v) is 13.8. The third-order valence-corrected chi connectivity index (χ3v) is 5.80. The number of hydrogen-bond acceptors (Lipinski definition) is 4. The third kappa shape index (κ3) is 3.05. The minimum absolute atomic E-state index is 0.0553. The van der Waals surface area contributed by atoms with E-state index in [-0.39, 0.29) is 30.0 Å². The molecule has 126 valence electrons. The van der Waals surface area contributed by atoms with Crippen LogP contribution in [-0.2, 0) is 21.2 Å². The SMILES string of the molecule is COc1ccc(CC(=O)N2C[C@@H]3CN(S(C)(=O)=O)C[C@@H]32)cc1F. The number of likely N-dealkylation sites (tertiary alicyclic amines) is 1. The fourth-order valence-electron chi connectivity index (χ4n) is 3.25. The Morgan fingerprint density at radius 1 is 1.35 bits per heavy atom. The topological polar surface area (TPSA) is 66.9 Å². The molecule has 2 saturated heterocycles. The second kappa shape index (κ2) is 5.76. The van der Waals surface area contributed by atoms with Crippen LogP contribution in [0.2, 0.25) is 0 Å². The van der Waals surface area contributed by atoms with Gasteiger partial charge in [0.2, 0.25) is 15.9 Å². The highest BCUT2D eigenvalue weighted by molar-refractivity contribution is 7.88. The van der Waals surface area contributed by atoms with Crippen molar-refractivity contribution in [2.75, 3.05) is 33.0 Å². The first-order valence-electron chi connectivity index (χ1n) is 7.36. The zero-order chi connectivity index (χ0) is 16.8. The monoisotopic (exact) mass is 342 g/mol. The lowest BCUT2D eigenvalue weighted by Gasteiger charge is -2.43.